The highest BCUT2D eigenvalue weighted by molar-refractivity contribution is 5.81. The van der Waals surface area contributed by atoms with E-state index in [0.29, 0.717) is 25.4 Å². The molecule has 2 saturated carbocycles. The van der Waals surface area contributed by atoms with Crippen LogP contribution in [-0.2, 0) is 22.4 Å². The lowest BCUT2D eigenvalue weighted by atomic mass is 9.68. The highest BCUT2D eigenvalue weighted by atomic mass is 16.5. The summed E-state index contributed by atoms with van der Waals surface area (Å²) in [6.45, 7) is 6.23. The quantitative estimate of drug-likeness (QED) is 0.160. The summed E-state index contributed by atoms with van der Waals surface area (Å²) < 4.78 is 5.26. The predicted molar refractivity (Wildman–Crippen MR) is 162 cm³/mol. The largest absolute Gasteiger partial charge is 0.462 e. The summed E-state index contributed by atoms with van der Waals surface area (Å²) in [6, 6.07) is 15.6. The smallest absolute Gasteiger partial charge is 0.330 e. The van der Waals surface area contributed by atoms with E-state index >= 15 is 0 Å². The average Bonchev–Trinajstić information content (AvgIpc) is 2.98. The van der Waals surface area contributed by atoms with Crippen molar-refractivity contribution in [2.75, 3.05) is 13.2 Å². The molecular weight excluding hydrogens is 480 g/mol. The number of rotatable bonds is 13. The molecule has 0 atom stereocenters. The van der Waals surface area contributed by atoms with Crippen molar-refractivity contribution in [1.29, 1.82) is 0 Å². The highest BCUT2D eigenvalue weighted by Crippen LogP contribution is 2.44. The summed E-state index contributed by atoms with van der Waals surface area (Å²) in [5.41, 5.74) is 6.10. The standard InChI is InChI=1S/C36H50O3/c1-3-5-6-7-27-8-11-29(12-9-27)30-13-15-31(16-14-30)32-17-19-33(20-18-32)35-21-10-28(22-24-37)26-34(35)23-25-39-36(38)4-2/h4,10,17-21,26-27,29-31,37H,2-3,5-9,11-16,22-25H2,1H3. The van der Waals surface area contributed by atoms with Crippen molar-refractivity contribution in [1.82, 2.24) is 0 Å². The molecule has 4 rings (SSSR count). The van der Waals surface area contributed by atoms with Crippen molar-refractivity contribution in [2.45, 2.75) is 103 Å². The van der Waals surface area contributed by atoms with Crippen LogP contribution in [0.4, 0.5) is 0 Å². The van der Waals surface area contributed by atoms with Crippen molar-refractivity contribution in [3.8, 4) is 11.1 Å². The molecule has 0 amide bonds. The van der Waals surface area contributed by atoms with Gasteiger partial charge in [0.1, 0.15) is 0 Å². The molecule has 0 aliphatic heterocycles. The SMILES string of the molecule is C=CC(=O)OCCc1cc(CCO)ccc1-c1ccc(C2CCC(C3CCC(CCCCC)CC3)CC2)cc1. The van der Waals surface area contributed by atoms with Gasteiger partial charge in [0, 0.05) is 19.1 Å². The van der Waals surface area contributed by atoms with Gasteiger partial charge in [-0.25, -0.2) is 4.79 Å². The zero-order chi connectivity index (χ0) is 27.5. The first-order valence-corrected chi connectivity index (χ1v) is 15.7. The fourth-order valence-corrected chi connectivity index (χ4v) is 7.23. The number of aliphatic hydroxyl groups excluding tert-OH is 1. The second-order valence-corrected chi connectivity index (χ2v) is 12.1. The Labute approximate surface area is 237 Å². The third-order valence-corrected chi connectivity index (χ3v) is 9.59. The number of hydrogen-bond acceptors (Lipinski definition) is 3. The first kappa shape index (κ1) is 29.6. The normalized spacial score (nSPS) is 23.3. The molecule has 0 heterocycles. The van der Waals surface area contributed by atoms with Crippen molar-refractivity contribution in [3.05, 3.63) is 71.8 Å². The number of hydrogen-bond donors (Lipinski definition) is 1. The molecule has 39 heavy (non-hydrogen) atoms. The maximum atomic E-state index is 11.5. The van der Waals surface area contributed by atoms with Gasteiger partial charge in [0.25, 0.3) is 0 Å². The third kappa shape index (κ3) is 8.55. The topological polar surface area (TPSA) is 46.5 Å². The molecule has 0 bridgehead atoms. The van der Waals surface area contributed by atoms with Crippen LogP contribution in [-0.4, -0.2) is 24.3 Å². The van der Waals surface area contributed by atoms with Gasteiger partial charge >= 0.3 is 5.97 Å². The number of benzene rings is 2. The molecule has 3 heteroatoms. The van der Waals surface area contributed by atoms with E-state index in [-0.39, 0.29) is 6.61 Å². The molecule has 2 aromatic rings. The molecule has 2 aliphatic carbocycles. The monoisotopic (exact) mass is 530 g/mol. The fourth-order valence-electron chi connectivity index (χ4n) is 7.23. The van der Waals surface area contributed by atoms with Gasteiger partial charge in [0.05, 0.1) is 6.61 Å². The minimum atomic E-state index is -0.391. The highest BCUT2D eigenvalue weighted by Gasteiger charge is 2.31. The minimum absolute atomic E-state index is 0.126. The van der Waals surface area contributed by atoms with Gasteiger partial charge in [-0.3, -0.25) is 0 Å². The molecular formula is C36H50O3. The van der Waals surface area contributed by atoms with E-state index in [1.165, 1.54) is 99.8 Å². The van der Waals surface area contributed by atoms with Crippen LogP contribution < -0.4 is 0 Å². The number of aliphatic hydroxyl groups is 1. The van der Waals surface area contributed by atoms with Crippen LogP contribution in [0.25, 0.3) is 11.1 Å². The lowest BCUT2D eigenvalue weighted by molar-refractivity contribution is -0.137. The van der Waals surface area contributed by atoms with Crippen molar-refractivity contribution in [3.63, 3.8) is 0 Å². The number of ether oxygens (including phenoxy) is 1. The van der Waals surface area contributed by atoms with Crippen molar-refractivity contribution >= 4 is 5.97 Å². The maximum absolute atomic E-state index is 11.5. The van der Waals surface area contributed by atoms with Gasteiger partial charge in [0.15, 0.2) is 0 Å². The average molecular weight is 531 g/mol. The number of carbonyl (C=O) groups excluding carboxylic acids is 1. The van der Waals surface area contributed by atoms with Crippen LogP contribution in [0.2, 0.25) is 0 Å². The molecule has 0 aromatic heterocycles. The molecule has 2 aromatic carbocycles. The molecule has 0 spiro atoms. The Hall–Kier alpha value is -2.39. The molecule has 1 N–H and O–H groups in total. The Morgan fingerprint density at radius 1 is 0.923 bits per heavy atom. The lowest BCUT2D eigenvalue weighted by Crippen LogP contribution is -2.25. The van der Waals surface area contributed by atoms with E-state index in [2.05, 4.69) is 56.0 Å². The summed E-state index contributed by atoms with van der Waals surface area (Å²) >= 11 is 0. The molecule has 0 saturated heterocycles. The van der Waals surface area contributed by atoms with Crippen LogP contribution in [0, 0.1) is 17.8 Å². The van der Waals surface area contributed by atoms with Crippen LogP contribution in [0.3, 0.4) is 0 Å². The molecule has 2 aliphatic rings. The zero-order valence-electron chi connectivity index (χ0n) is 24.2. The second-order valence-electron chi connectivity index (χ2n) is 12.1. The van der Waals surface area contributed by atoms with E-state index < -0.39 is 5.97 Å². The fraction of sp³-hybridized carbons (Fsp3) is 0.583. The van der Waals surface area contributed by atoms with E-state index in [1.807, 2.05) is 0 Å². The molecule has 3 nitrogen and oxygen atoms in total. The molecule has 2 fully saturated rings. The van der Waals surface area contributed by atoms with E-state index in [9.17, 15) is 9.90 Å². The number of unbranched alkanes of at least 4 members (excludes halogenated alkanes) is 2. The van der Waals surface area contributed by atoms with Gasteiger partial charge < -0.3 is 9.84 Å². The summed E-state index contributed by atoms with van der Waals surface area (Å²) in [6.07, 6.45) is 19.5. The Bertz CT molecular complexity index is 1020. The van der Waals surface area contributed by atoms with Crippen LogP contribution in [0.1, 0.15) is 107 Å². The van der Waals surface area contributed by atoms with E-state index in [1.54, 1.807) is 0 Å². The van der Waals surface area contributed by atoms with Gasteiger partial charge in [0.2, 0.25) is 0 Å². The van der Waals surface area contributed by atoms with Gasteiger partial charge in [-0.2, -0.15) is 0 Å². The van der Waals surface area contributed by atoms with E-state index in [0.717, 1.165) is 28.9 Å². The number of esters is 1. The van der Waals surface area contributed by atoms with Crippen molar-refractivity contribution in [2.24, 2.45) is 17.8 Å². The maximum Gasteiger partial charge on any atom is 0.330 e. The van der Waals surface area contributed by atoms with Gasteiger partial charge in [-0.1, -0.05) is 94.5 Å². The van der Waals surface area contributed by atoms with Crippen LogP contribution in [0.5, 0.6) is 0 Å². The van der Waals surface area contributed by atoms with E-state index in [4.69, 9.17) is 4.74 Å². The van der Waals surface area contributed by atoms with Gasteiger partial charge in [-0.15, -0.1) is 0 Å². The molecule has 212 valence electrons. The Balaban J connectivity index is 1.32. The van der Waals surface area contributed by atoms with Gasteiger partial charge in [-0.05, 0) is 96.4 Å². The minimum Gasteiger partial charge on any atom is -0.462 e. The number of carbonyl (C=O) groups is 1. The second kappa shape index (κ2) is 15.4. The summed E-state index contributed by atoms with van der Waals surface area (Å²) in [5, 5.41) is 9.39. The predicted octanol–water partition coefficient (Wildman–Crippen LogP) is 8.82. The summed E-state index contributed by atoms with van der Waals surface area (Å²) in [4.78, 5) is 11.5. The molecule has 0 unspecified atom stereocenters. The Morgan fingerprint density at radius 3 is 2.26 bits per heavy atom. The Morgan fingerprint density at radius 2 is 1.62 bits per heavy atom. The first-order valence-electron chi connectivity index (χ1n) is 15.7. The van der Waals surface area contributed by atoms with Crippen molar-refractivity contribution < 1.29 is 14.6 Å². The van der Waals surface area contributed by atoms with Crippen LogP contribution in [0.15, 0.2) is 55.1 Å². The lowest BCUT2D eigenvalue weighted by Gasteiger charge is -2.38. The zero-order valence-corrected chi connectivity index (χ0v) is 24.2. The first-order chi connectivity index (χ1) is 19.1. The summed E-state index contributed by atoms with van der Waals surface area (Å²) in [7, 11) is 0. The Kier molecular flexibility index (Phi) is 11.7. The van der Waals surface area contributed by atoms with Crippen LogP contribution >= 0.6 is 0 Å². The molecule has 0 radical (unpaired) electrons. The summed E-state index contributed by atoms with van der Waals surface area (Å²) in [5.74, 6) is 3.24. The third-order valence-electron chi connectivity index (χ3n) is 9.59.